The molecule has 0 amide bonds. The van der Waals surface area contributed by atoms with Gasteiger partial charge in [0.15, 0.2) is 5.78 Å². The molecule has 90 valence electrons. The molecule has 0 fully saturated rings. The minimum Gasteiger partial charge on any atom is -0.396 e. The molecule has 2 rings (SSSR count). The third kappa shape index (κ3) is 2.22. The Labute approximate surface area is 99.7 Å². The lowest BCUT2D eigenvalue weighted by atomic mass is 9.96. The topological polar surface area (TPSA) is 66.0 Å². The van der Waals surface area contributed by atoms with Gasteiger partial charge in [-0.15, -0.1) is 0 Å². The molecule has 0 saturated heterocycles. The molecule has 1 aromatic heterocycles. The van der Waals surface area contributed by atoms with Crippen LogP contribution in [0.15, 0.2) is 18.2 Å². The van der Waals surface area contributed by atoms with E-state index in [0.717, 1.165) is 16.9 Å². The number of carbonyl (C=O) groups is 1. The van der Waals surface area contributed by atoms with E-state index in [0.29, 0.717) is 12.0 Å². The van der Waals surface area contributed by atoms with Gasteiger partial charge in [-0.3, -0.25) is 4.79 Å². The molecule has 4 nitrogen and oxygen atoms in total. The fourth-order valence-electron chi connectivity index (χ4n) is 1.92. The number of rotatable bonds is 4. The van der Waals surface area contributed by atoms with Crippen molar-refractivity contribution in [3.05, 3.63) is 29.6 Å². The van der Waals surface area contributed by atoms with Crippen LogP contribution in [0.1, 0.15) is 29.5 Å². The Bertz CT molecular complexity index is 541. The molecule has 0 bridgehead atoms. The van der Waals surface area contributed by atoms with Crippen LogP contribution < -0.4 is 0 Å². The van der Waals surface area contributed by atoms with E-state index in [1.165, 1.54) is 0 Å². The van der Waals surface area contributed by atoms with E-state index in [1.807, 2.05) is 19.9 Å². The molecule has 1 aromatic carbocycles. The number of imidazole rings is 1. The van der Waals surface area contributed by atoms with Crippen LogP contribution in [-0.2, 0) is 0 Å². The molecular weight excluding hydrogens is 216 g/mol. The number of fused-ring (bicyclic) bond motifs is 1. The number of aryl methyl sites for hydroxylation is 1. The summed E-state index contributed by atoms with van der Waals surface area (Å²) in [6.07, 6.45) is 0.648. The molecule has 0 radical (unpaired) electrons. The average molecular weight is 232 g/mol. The van der Waals surface area contributed by atoms with Crippen LogP contribution in [-0.4, -0.2) is 27.5 Å². The van der Waals surface area contributed by atoms with Crippen LogP contribution in [0.4, 0.5) is 0 Å². The largest absolute Gasteiger partial charge is 0.396 e. The lowest BCUT2D eigenvalue weighted by Gasteiger charge is -2.09. The van der Waals surface area contributed by atoms with Crippen molar-refractivity contribution in [2.45, 2.75) is 20.3 Å². The van der Waals surface area contributed by atoms with Crippen molar-refractivity contribution in [2.24, 2.45) is 5.92 Å². The third-order valence-corrected chi connectivity index (χ3v) is 2.97. The summed E-state index contributed by atoms with van der Waals surface area (Å²) in [5, 5.41) is 9.13. The fourth-order valence-corrected chi connectivity index (χ4v) is 1.92. The van der Waals surface area contributed by atoms with Crippen molar-refractivity contribution in [3.8, 4) is 0 Å². The van der Waals surface area contributed by atoms with E-state index in [2.05, 4.69) is 9.97 Å². The highest BCUT2D eigenvalue weighted by Gasteiger charge is 2.17. The van der Waals surface area contributed by atoms with Crippen molar-refractivity contribution in [3.63, 3.8) is 0 Å². The van der Waals surface area contributed by atoms with Crippen LogP contribution in [0.2, 0.25) is 0 Å². The number of benzene rings is 1. The van der Waals surface area contributed by atoms with Crippen LogP contribution in [0.5, 0.6) is 0 Å². The minimum atomic E-state index is -0.309. The Morgan fingerprint density at radius 2 is 2.29 bits per heavy atom. The molecule has 2 N–H and O–H groups in total. The molecule has 0 aliphatic rings. The normalized spacial score (nSPS) is 12.9. The lowest BCUT2D eigenvalue weighted by molar-refractivity contribution is 0.0856. The number of Topliss-reactive ketones (excluding diaryl/α,β-unsaturated/α-hetero) is 1. The molecular formula is C13H16N2O2. The Morgan fingerprint density at radius 1 is 1.53 bits per heavy atom. The van der Waals surface area contributed by atoms with E-state index in [1.54, 1.807) is 12.1 Å². The van der Waals surface area contributed by atoms with Crippen LogP contribution >= 0.6 is 0 Å². The summed E-state index contributed by atoms with van der Waals surface area (Å²) in [6, 6.07) is 5.40. The van der Waals surface area contributed by atoms with Crippen molar-refractivity contribution < 1.29 is 9.90 Å². The van der Waals surface area contributed by atoms with Crippen LogP contribution in [0, 0.1) is 12.8 Å². The highest BCUT2D eigenvalue weighted by atomic mass is 16.3. The summed E-state index contributed by atoms with van der Waals surface area (Å²) in [5.74, 6) is 0.513. The lowest BCUT2D eigenvalue weighted by Crippen LogP contribution is -2.17. The maximum absolute atomic E-state index is 12.1. The van der Waals surface area contributed by atoms with Crippen molar-refractivity contribution in [1.82, 2.24) is 9.97 Å². The Morgan fingerprint density at radius 3 is 2.94 bits per heavy atom. The number of aromatic amines is 1. The first kappa shape index (κ1) is 11.8. The molecule has 1 unspecified atom stereocenters. The second-order valence-electron chi connectivity index (χ2n) is 4.21. The Kier molecular flexibility index (Phi) is 3.24. The molecule has 4 heteroatoms. The molecule has 0 saturated carbocycles. The van der Waals surface area contributed by atoms with Gasteiger partial charge in [-0.1, -0.05) is 6.92 Å². The number of aliphatic hydroxyl groups excluding tert-OH is 1. The number of nitrogens with zero attached hydrogens (tertiary/aromatic N) is 1. The Hall–Kier alpha value is -1.68. The van der Waals surface area contributed by atoms with E-state index in [9.17, 15) is 4.79 Å². The first-order valence-corrected chi connectivity index (χ1v) is 5.77. The van der Waals surface area contributed by atoms with Gasteiger partial charge in [0, 0.05) is 11.5 Å². The third-order valence-electron chi connectivity index (χ3n) is 2.97. The van der Waals surface area contributed by atoms with Gasteiger partial charge in [-0.2, -0.15) is 0 Å². The number of H-pyrrole nitrogens is 1. The number of hydrogen-bond donors (Lipinski definition) is 2. The monoisotopic (exact) mass is 232 g/mol. The van der Waals surface area contributed by atoms with Gasteiger partial charge in [0.25, 0.3) is 0 Å². The number of aromatic nitrogens is 2. The van der Waals surface area contributed by atoms with Gasteiger partial charge in [-0.05, 0) is 31.5 Å². The number of nitrogens with one attached hydrogen (secondary N) is 1. The van der Waals surface area contributed by atoms with E-state index in [4.69, 9.17) is 5.11 Å². The van der Waals surface area contributed by atoms with Crippen LogP contribution in [0.3, 0.4) is 0 Å². The van der Waals surface area contributed by atoms with E-state index in [-0.39, 0.29) is 18.3 Å². The maximum Gasteiger partial charge on any atom is 0.168 e. The van der Waals surface area contributed by atoms with Gasteiger partial charge in [0.05, 0.1) is 17.6 Å². The number of carbonyl (C=O) groups excluding carboxylic acids is 1. The van der Waals surface area contributed by atoms with Gasteiger partial charge >= 0.3 is 0 Å². The zero-order valence-corrected chi connectivity index (χ0v) is 10.0. The number of aliphatic hydroxyl groups is 1. The highest BCUT2D eigenvalue weighted by Crippen LogP contribution is 2.17. The number of hydrogen-bond acceptors (Lipinski definition) is 3. The zero-order chi connectivity index (χ0) is 12.4. The van der Waals surface area contributed by atoms with E-state index < -0.39 is 0 Å². The smallest absolute Gasteiger partial charge is 0.168 e. The predicted molar refractivity (Wildman–Crippen MR) is 66.0 cm³/mol. The molecule has 0 aliphatic heterocycles. The van der Waals surface area contributed by atoms with Crippen molar-refractivity contribution in [1.29, 1.82) is 0 Å². The first-order valence-electron chi connectivity index (χ1n) is 5.77. The molecule has 1 heterocycles. The van der Waals surface area contributed by atoms with Crippen molar-refractivity contribution in [2.75, 3.05) is 6.61 Å². The summed E-state index contributed by atoms with van der Waals surface area (Å²) in [5.41, 5.74) is 2.35. The summed E-state index contributed by atoms with van der Waals surface area (Å²) in [7, 11) is 0. The molecule has 2 aromatic rings. The van der Waals surface area contributed by atoms with Crippen LogP contribution in [0.25, 0.3) is 11.0 Å². The minimum absolute atomic E-state index is 0.0100. The summed E-state index contributed by atoms with van der Waals surface area (Å²) in [6.45, 7) is 3.68. The quantitative estimate of drug-likeness (QED) is 0.793. The highest BCUT2D eigenvalue weighted by molar-refractivity contribution is 6.00. The fraction of sp³-hybridized carbons (Fsp3) is 0.385. The summed E-state index contributed by atoms with van der Waals surface area (Å²) >= 11 is 0. The SMILES string of the molecule is CCC(CO)C(=O)c1ccc2nc(C)[nH]c2c1. The maximum atomic E-state index is 12.1. The van der Waals surface area contributed by atoms with Gasteiger partial charge in [-0.25, -0.2) is 4.98 Å². The molecule has 0 aliphatic carbocycles. The average Bonchev–Trinajstić information content (AvgIpc) is 2.69. The van der Waals surface area contributed by atoms with E-state index >= 15 is 0 Å². The van der Waals surface area contributed by atoms with Gasteiger partial charge < -0.3 is 10.1 Å². The summed E-state index contributed by atoms with van der Waals surface area (Å²) < 4.78 is 0. The van der Waals surface area contributed by atoms with Gasteiger partial charge in [0.1, 0.15) is 5.82 Å². The standard InChI is InChI=1S/C13H16N2O2/c1-3-9(7-16)13(17)10-4-5-11-12(6-10)15-8(2)14-11/h4-6,9,16H,3,7H2,1-2H3,(H,14,15). The molecule has 0 spiro atoms. The molecule has 1 atom stereocenters. The predicted octanol–water partition coefficient (Wildman–Crippen LogP) is 2.07. The second kappa shape index (κ2) is 4.67. The van der Waals surface area contributed by atoms with Gasteiger partial charge in [0.2, 0.25) is 0 Å². The molecule has 17 heavy (non-hydrogen) atoms. The van der Waals surface area contributed by atoms with Crippen molar-refractivity contribution >= 4 is 16.8 Å². The second-order valence-corrected chi connectivity index (χ2v) is 4.21. The summed E-state index contributed by atoms with van der Waals surface area (Å²) in [4.78, 5) is 19.4. The first-order chi connectivity index (χ1) is 8.15. The Balaban J connectivity index is 2.38. The number of ketones is 1. The zero-order valence-electron chi connectivity index (χ0n) is 10.0.